The van der Waals surface area contributed by atoms with Crippen LogP contribution in [-0.4, -0.2) is 31.4 Å². The predicted molar refractivity (Wildman–Crippen MR) is 84.8 cm³/mol. The quantitative estimate of drug-likeness (QED) is 0.823. The summed E-state index contributed by atoms with van der Waals surface area (Å²) >= 11 is 3.53. The minimum atomic E-state index is 0.247. The molecule has 0 aromatic heterocycles. The van der Waals surface area contributed by atoms with Crippen LogP contribution in [0.5, 0.6) is 0 Å². The summed E-state index contributed by atoms with van der Waals surface area (Å²) in [5.74, 6) is 0. The summed E-state index contributed by atoms with van der Waals surface area (Å²) in [4.78, 5) is 0. The molecule has 0 saturated carbocycles. The molecule has 2 atom stereocenters. The average Bonchev–Trinajstić information content (AvgIpc) is 2.87. The summed E-state index contributed by atoms with van der Waals surface area (Å²) in [5, 5.41) is 3.43. The Morgan fingerprint density at radius 1 is 1.30 bits per heavy atom. The molecule has 1 N–H and O–H groups in total. The van der Waals surface area contributed by atoms with Crippen molar-refractivity contribution in [1.82, 2.24) is 5.32 Å². The van der Waals surface area contributed by atoms with Crippen LogP contribution in [0.1, 0.15) is 32.3 Å². The molecule has 2 rings (SSSR count). The smallest absolute Gasteiger partial charge is 0.0814 e. The maximum atomic E-state index is 5.98. The lowest BCUT2D eigenvalue weighted by Gasteiger charge is -2.16. The highest BCUT2D eigenvalue weighted by Gasteiger charge is 2.25. The van der Waals surface area contributed by atoms with Gasteiger partial charge in [0.05, 0.1) is 25.4 Å². The summed E-state index contributed by atoms with van der Waals surface area (Å²) in [6.45, 7) is 6.58. The molecule has 1 fully saturated rings. The molecule has 3 nitrogen and oxygen atoms in total. The number of ether oxygens (including phenoxy) is 2. The zero-order valence-corrected chi connectivity index (χ0v) is 13.9. The zero-order chi connectivity index (χ0) is 14.4. The molecular weight excluding hydrogens is 318 g/mol. The van der Waals surface area contributed by atoms with Crippen LogP contribution in [0.3, 0.4) is 0 Å². The van der Waals surface area contributed by atoms with Crippen LogP contribution in [0.4, 0.5) is 0 Å². The Morgan fingerprint density at radius 3 is 2.80 bits per heavy atom. The third-order valence-electron chi connectivity index (χ3n) is 3.47. The SMILES string of the molecule is CC(C)NCC1CCC(COCc2ccccc2Br)O1. The van der Waals surface area contributed by atoms with Crippen LogP contribution < -0.4 is 5.32 Å². The molecule has 1 aromatic rings. The van der Waals surface area contributed by atoms with Crippen molar-refractivity contribution in [2.24, 2.45) is 0 Å². The fourth-order valence-electron chi connectivity index (χ4n) is 2.34. The van der Waals surface area contributed by atoms with Crippen LogP contribution in [-0.2, 0) is 16.1 Å². The standard InChI is InChI=1S/C16H24BrNO2/c1-12(2)18-9-14-7-8-15(20-14)11-19-10-13-5-3-4-6-16(13)17/h3-6,12,14-15,18H,7-11H2,1-2H3. The van der Waals surface area contributed by atoms with E-state index in [1.165, 1.54) is 5.56 Å². The predicted octanol–water partition coefficient (Wildman–Crippen LogP) is 3.51. The van der Waals surface area contributed by atoms with E-state index in [9.17, 15) is 0 Å². The molecule has 0 amide bonds. The highest BCUT2D eigenvalue weighted by Crippen LogP contribution is 2.21. The van der Waals surface area contributed by atoms with Gasteiger partial charge in [-0.2, -0.15) is 0 Å². The summed E-state index contributed by atoms with van der Waals surface area (Å²) in [6, 6.07) is 8.68. The first-order valence-corrected chi connectivity index (χ1v) is 8.14. The molecule has 4 heteroatoms. The van der Waals surface area contributed by atoms with Crippen molar-refractivity contribution in [3.63, 3.8) is 0 Å². The van der Waals surface area contributed by atoms with Gasteiger partial charge in [-0.1, -0.05) is 48.0 Å². The van der Waals surface area contributed by atoms with Gasteiger partial charge < -0.3 is 14.8 Å². The molecule has 1 aromatic carbocycles. The van der Waals surface area contributed by atoms with E-state index < -0.39 is 0 Å². The van der Waals surface area contributed by atoms with Gasteiger partial charge in [0.2, 0.25) is 0 Å². The molecule has 2 unspecified atom stereocenters. The van der Waals surface area contributed by atoms with Crippen molar-refractivity contribution < 1.29 is 9.47 Å². The molecular formula is C16H24BrNO2. The van der Waals surface area contributed by atoms with Crippen LogP contribution in [0, 0.1) is 0 Å². The van der Waals surface area contributed by atoms with E-state index in [0.29, 0.717) is 25.4 Å². The van der Waals surface area contributed by atoms with Crippen molar-refractivity contribution in [3.05, 3.63) is 34.3 Å². The van der Waals surface area contributed by atoms with Gasteiger partial charge in [-0.3, -0.25) is 0 Å². The Bertz CT molecular complexity index is 411. The average molecular weight is 342 g/mol. The van der Waals surface area contributed by atoms with Gasteiger partial charge in [-0.05, 0) is 24.5 Å². The Labute approximate surface area is 130 Å². The second-order valence-electron chi connectivity index (χ2n) is 5.63. The van der Waals surface area contributed by atoms with Crippen molar-refractivity contribution >= 4 is 15.9 Å². The van der Waals surface area contributed by atoms with E-state index in [4.69, 9.17) is 9.47 Å². The lowest BCUT2D eigenvalue weighted by Crippen LogP contribution is -2.32. The van der Waals surface area contributed by atoms with E-state index >= 15 is 0 Å². The van der Waals surface area contributed by atoms with Crippen LogP contribution in [0.15, 0.2) is 28.7 Å². The molecule has 1 aliphatic heterocycles. The Kier molecular flexibility index (Phi) is 6.49. The van der Waals surface area contributed by atoms with Crippen molar-refractivity contribution in [1.29, 1.82) is 0 Å². The summed E-state index contributed by atoms with van der Waals surface area (Å²) in [5.41, 5.74) is 1.18. The van der Waals surface area contributed by atoms with E-state index in [2.05, 4.69) is 41.2 Å². The van der Waals surface area contributed by atoms with Gasteiger partial charge in [0.1, 0.15) is 0 Å². The third kappa shape index (κ3) is 5.17. The number of rotatable bonds is 7. The Hall–Kier alpha value is -0.420. The van der Waals surface area contributed by atoms with Gasteiger partial charge in [0.15, 0.2) is 0 Å². The first kappa shape index (κ1) is 16.0. The van der Waals surface area contributed by atoms with E-state index in [-0.39, 0.29) is 6.10 Å². The third-order valence-corrected chi connectivity index (χ3v) is 4.24. The summed E-state index contributed by atoms with van der Waals surface area (Å²) in [6.07, 6.45) is 2.81. The number of nitrogens with one attached hydrogen (secondary N) is 1. The van der Waals surface area contributed by atoms with E-state index in [1.54, 1.807) is 0 Å². The van der Waals surface area contributed by atoms with Crippen LogP contribution >= 0.6 is 15.9 Å². The van der Waals surface area contributed by atoms with E-state index in [0.717, 1.165) is 23.9 Å². The highest BCUT2D eigenvalue weighted by molar-refractivity contribution is 9.10. The molecule has 0 bridgehead atoms. The maximum absolute atomic E-state index is 5.98. The number of hydrogen-bond acceptors (Lipinski definition) is 3. The molecule has 1 aliphatic rings. The molecule has 0 aliphatic carbocycles. The molecule has 0 spiro atoms. The fourth-order valence-corrected chi connectivity index (χ4v) is 2.73. The van der Waals surface area contributed by atoms with Gasteiger partial charge in [-0.25, -0.2) is 0 Å². The molecule has 1 saturated heterocycles. The fraction of sp³-hybridized carbons (Fsp3) is 0.625. The molecule has 0 radical (unpaired) electrons. The Morgan fingerprint density at radius 2 is 2.05 bits per heavy atom. The first-order valence-electron chi connectivity index (χ1n) is 7.35. The van der Waals surface area contributed by atoms with Crippen molar-refractivity contribution in [2.45, 2.75) is 51.5 Å². The largest absolute Gasteiger partial charge is 0.374 e. The second-order valence-corrected chi connectivity index (χ2v) is 6.48. The molecule has 1 heterocycles. The van der Waals surface area contributed by atoms with Gasteiger partial charge in [0, 0.05) is 17.1 Å². The van der Waals surface area contributed by atoms with Crippen molar-refractivity contribution in [2.75, 3.05) is 13.2 Å². The highest BCUT2D eigenvalue weighted by atomic mass is 79.9. The number of hydrogen-bond donors (Lipinski definition) is 1. The minimum absolute atomic E-state index is 0.247. The van der Waals surface area contributed by atoms with Gasteiger partial charge >= 0.3 is 0 Å². The van der Waals surface area contributed by atoms with Crippen LogP contribution in [0.25, 0.3) is 0 Å². The summed E-state index contributed by atoms with van der Waals surface area (Å²) < 4.78 is 12.9. The van der Waals surface area contributed by atoms with E-state index in [1.807, 2.05) is 18.2 Å². The monoisotopic (exact) mass is 341 g/mol. The lowest BCUT2D eigenvalue weighted by atomic mass is 10.2. The molecule has 112 valence electrons. The number of benzene rings is 1. The lowest BCUT2D eigenvalue weighted by molar-refractivity contribution is -0.0195. The van der Waals surface area contributed by atoms with Gasteiger partial charge in [-0.15, -0.1) is 0 Å². The maximum Gasteiger partial charge on any atom is 0.0814 e. The topological polar surface area (TPSA) is 30.5 Å². The normalized spacial score (nSPS) is 22.6. The zero-order valence-electron chi connectivity index (χ0n) is 12.3. The van der Waals surface area contributed by atoms with Crippen LogP contribution in [0.2, 0.25) is 0 Å². The van der Waals surface area contributed by atoms with Crippen molar-refractivity contribution in [3.8, 4) is 0 Å². The second kappa shape index (κ2) is 8.13. The number of halogens is 1. The molecule has 20 heavy (non-hydrogen) atoms. The first-order chi connectivity index (χ1) is 9.65. The minimum Gasteiger partial charge on any atom is -0.374 e. The Balaban J connectivity index is 1.65. The summed E-state index contributed by atoms with van der Waals surface area (Å²) in [7, 11) is 0. The van der Waals surface area contributed by atoms with Gasteiger partial charge in [0.25, 0.3) is 0 Å².